The van der Waals surface area contributed by atoms with Gasteiger partial charge in [-0.3, -0.25) is 0 Å². The topological polar surface area (TPSA) is 29.5 Å². The number of nitrogens with zero attached hydrogens (tertiary/aromatic N) is 1. The van der Waals surface area contributed by atoms with Crippen LogP contribution >= 0.6 is 11.6 Å². The van der Waals surface area contributed by atoms with Gasteiger partial charge in [-0.05, 0) is 43.7 Å². The maximum Gasteiger partial charge on any atom is 0.419 e. The molecule has 2 aromatic rings. The first-order chi connectivity index (χ1) is 10.1. The molecule has 0 aliphatic carbocycles. The molecular formula is C17H18ClNO2. The van der Waals surface area contributed by atoms with Crippen LogP contribution in [-0.4, -0.2) is 12.2 Å². The number of ether oxygens (including phenoxy) is 1. The molecule has 21 heavy (non-hydrogen) atoms. The Kier molecular flexibility index (Phi) is 5.23. The van der Waals surface area contributed by atoms with Gasteiger partial charge in [0.15, 0.2) is 0 Å². The molecule has 3 nitrogen and oxygen atoms in total. The summed E-state index contributed by atoms with van der Waals surface area (Å²) >= 11 is 6.04. The standard InChI is InChI=1S/C17H18ClNO2/c1-3-13(2)21-17(20)19(15-9-5-4-6-10-15)16-11-7-8-14(18)12-16/h4-13H,3H2,1-2H3. The van der Waals surface area contributed by atoms with E-state index in [1.54, 1.807) is 12.1 Å². The molecule has 2 rings (SSSR count). The Hall–Kier alpha value is -2.00. The third-order valence-electron chi connectivity index (χ3n) is 3.14. The Morgan fingerprint density at radius 1 is 1.14 bits per heavy atom. The number of benzene rings is 2. The van der Waals surface area contributed by atoms with Crippen molar-refractivity contribution in [3.05, 3.63) is 59.6 Å². The van der Waals surface area contributed by atoms with Crippen molar-refractivity contribution in [1.29, 1.82) is 0 Å². The van der Waals surface area contributed by atoms with Crippen LogP contribution in [0, 0.1) is 0 Å². The first-order valence-corrected chi connectivity index (χ1v) is 7.31. The molecule has 0 aliphatic heterocycles. The predicted molar refractivity (Wildman–Crippen MR) is 86.3 cm³/mol. The van der Waals surface area contributed by atoms with Gasteiger partial charge in [-0.25, -0.2) is 9.69 Å². The zero-order valence-electron chi connectivity index (χ0n) is 12.1. The van der Waals surface area contributed by atoms with Gasteiger partial charge in [0.25, 0.3) is 0 Å². The summed E-state index contributed by atoms with van der Waals surface area (Å²) < 4.78 is 5.45. The number of para-hydroxylation sites is 1. The van der Waals surface area contributed by atoms with E-state index in [0.717, 1.165) is 12.1 Å². The van der Waals surface area contributed by atoms with E-state index in [1.807, 2.05) is 56.3 Å². The summed E-state index contributed by atoms with van der Waals surface area (Å²) in [5.74, 6) is 0. The van der Waals surface area contributed by atoms with E-state index in [9.17, 15) is 4.79 Å². The smallest absolute Gasteiger partial charge is 0.419 e. The normalized spacial score (nSPS) is 11.8. The number of halogens is 1. The minimum atomic E-state index is -0.405. The number of hydrogen-bond donors (Lipinski definition) is 0. The number of anilines is 2. The second kappa shape index (κ2) is 7.14. The summed E-state index contributed by atoms with van der Waals surface area (Å²) in [6, 6.07) is 16.5. The molecule has 0 fully saturated rings. The van der Waals surface area contributed by atoms with E-state index in [-0.39, 0.29) is 6.10 Å². The zero-order chi connectivity index (χ0) is 15.2. The molecule has 0 N–H and O–H groups in total. The van der Waals surface area contributed by atoms with Gasteiger partial charge in [0.1, 0.15) is 6.10 Å². The monoisotopic (exact) mass is 303 g/mol. The molecule has 1 amide bonds. The molecule has 0 heterocycles. The summed E-state index contributed by atoms with van der Waals surface area (Å²) in [6.45, 7) is 3.85. The second-order valence-corrected chi connectivity index (χ2v) is 5.19. The van der Waals surface area contributed by atoms with Gasteiger partial charge in [0.2, 0.25) is 0 Å². The van der Waals surface area contributed by atoms with Crippen molar-refractivity contribution < 1.29 is 9.53 Å². The van der Waals surface area contributed by atoms with Gasteiger partial charge in [0, 0.05) is 5.02 Å². The molecule has 110 valence electrons. The van der Waals surface area contributed by atoms with E-state index >= 15 is 0 Å². The van der Waals surface area contributed by atoms with Gasteiger partial charge >= 0.3 is 6.09 Å². The van der Waals surface area contributed by atoms with E-state index in [0.29, 0.717) is 10.7 Å². The fourth-order valence-electron chi connectivity index (χ4n) is 1.86. The summed E-state index contributed by atoms with van der Waals surface area (Å²) in [4.78, 5) is 14.0. The Labute approximate surface area is 130 Å². The minimum Gasteiger partial charge on any atom is -0.446 e. The Morgan fingerprint density at radius 3 is 2.43 bits per heavy atom. The molecule has 0 aliphatic rings. The lowest BCUT2D eigenvalue weighted by atomic mass is 10.2. The molecule has 0 spiro atoms. The van der Waals surface area contributed by atoms with E-state index < -0.39 is 6.09 Å². The lowest BCUT2D eigenvalue weighted by Gasteiger charge is -2.24. The van der Waals surface area contributed by atoms with Crippen LogP contribution in [0.5, 0.6) is 0 Å². The Bertz CT molecular complexity index is 601. The Morgan fingerprint density at radius 2 is 1.81 bits per heavy atom. The van der Waals surface area contributed by atoms with Crippen molar-refractivity contribution in [2.24, 2.45) is 0 Å². The molecule has 4 heteroatoms. The Balaban J connectivity index is 2.38. The van der Waals surface area contributed by atoms with Crippen LogP contribution in [-0.2, 0) is 4.74 Å². The van der Waals surface area contributed by atoms with Crippen LogP contribution in [0.1, 0.15) is 20.3 Å². The average Bonchev–Trinajstić information content (AvgIpc) is 2.48. The SMILES string of the molecule is CCC(C)OC(=O)N(c1ccccc1)c1cccc(Cl)c1. The van der Waals surface area contributed by atoms with Crippen molar-refractivity contribution in [2.45, 2.75) is 26.4 Å². The van der Waals surface area contributed by atoms with Crippen molar-refractivity contribution in [3.8, 4) is 0 Å². The van der Waals surface area contributed by atoms with Crippen LogP contribution in [0.2, 0.25) is 5.02 Å². The number of carbonyl (C=O) groups excluding carboxylic acids is 1. The molecular weight excluding hydrogens is 286 g/mol. The van der Waals surface area contributed by atoms with E-state index in [4.69, 9.17) is 16.3 Å². The van der Waals surface area contributed by atoms with Crippen LogP contribution in [0.3, 0.4) is 0 Å². The third-order valence-corrected chi connectivity index (χ3v) is 3.38. The maximum atomic E-state index is 12.5. The molecule has 1 unspecified atom stereocenters. The van der Waals surface area contributed by atoms with Gasteiger partial charge in [-0.2, -0.15) is 0 Å². The van der Waals surface area contributed by atoms with E-state index in [1.165, 1.54) is 4.90 Å². The van der Waals surface area contributed by atoms with Crippen LogP contribution in [0.4, 0.5) is 16.2 Å². The van der Waals surface area contributed by atoms with Crippen molar-refractivity contribution in [1.82, 2.24) is 0 Å². The van der Waals surface area contributed by atoms with Crippen molar-refractivity contribution in [3.63, 3.8) is 0 Å². The fourth-order valence-corrected chi connectivity index (χ4v) is 2.04. The molecule has 0 aromatic heterocycles. The molecule has 1 atom stereocenters. The zero-order valence-corrected chi connectivity index (χ0v) is 12.9. The number of hydrogen-bond acceptors (Lipinski definition) is 2. The lowest BCUT2D eigenvalue weighted by Crippen LogP contribution is -2.29. The summed E-state index contributed by atoms with van der Waals surface area (Å²) in [7, 11) is 0. The molecule has 0 saturated carbocycles. The van der Waals surface area contributed by atoms with Gasteiger partial charge in [-0.15, -0.1) is 0 Å². The van der Waals surface area contributed by atoms with Crippen LogP contribution < -0.4 is 4.90 Å². The number of amides is 1. The van der Waals surface area contributed by atoms with Gasteiger partial charge in [0.05, 0.1) is 11.4 Å². The fraction of sp³-hybridized carbons (Fsp3) is 0.235. The highest BCUT2D eigenvalue weighted by atomic mass is 35.5. The van der Waals surface area contributed by atoms with Crippen LogP contribution in [0.15, 0.2) is 54.6 Å². The van der Waals surface area contributed by atoms with Gasteiger partial charge < -0.3 is 4.74 Å². The van der Waals surface area contributed by atoms with E-state index in [2.05, 4.69) is 0 Å². The first kappa shape index (κ1) is 15.4. The molecule has 2 aromatic carbocycles. The summed E-state index contributed by atoms with van der Waals surface area (Å²) in [5, 5.41) is 0.574. The molecule has 0 bridgehead atoms. The van der Waals surface area contributed by atoms with Crippen LogP contribution in [0.25, 0.3) is 0 Å². The minimum absolute atomic E-state index is 0.136. The third kappa shape index (κ3) is 3.99. The highest BCUT2D eigenvalue weighted by Crippen LogP contribution is 2.28. The lowest BCUT2D eigenvalue weighted by molar-refractivity contribution is 0.114. The van der Waals surface area contributed by atoms with Crippen molar-refractivity contribution >= 4 is 29.1 Å². The number of rotatable bonds is 4. The quantitative estimate of drug-likeness (QED) is 0.755. The highest BCUT2D eigenvalue weighted by Gasteiger charge is 2.21. The summed E-state index contributed by atoms with van der Waals surface area (Å²) in [6.07, 6.45) is 0.227. The molecule has 0 radical (unpaired) electrons. The van der Waals surface area contributed by atoms with Gasteiger partial charge in [-0.1, -0.05) is 42.8 Å². The van der Waals surface area contributed by atoms with Crippen molar-refractivity contribution in [2.75, 3.05) is 4.90 Å². The molecule has 0 saturated heterocycles. The first-order valence-electron chi connectivity index (χ1n) is 6.93. The highest BCUT2D eigenvalue weighted by molar-refractivity contribution is 6.31. The average molecular weight is 304 g/mol. The maximum absolute atomic E-state index is 12.5. The predicted octanol–water partition coefficient (Wildman–Crippen LogP) is 5.41. The summed E-state index contributed by atoms with van der Waals surface area (Å²) in [5.41, 5.74) is 1.43. The second-order valence-electron chi connectivity index (χ2n) is 4.75. The largest absolute Gasteiger partial charge is 0.446 e. The number of carbonyl (C=O) groups is 1.